The van der Waals surface area contributed by atoms with Crippen molar-refractivity contribution in [3.63, 3.8) is 0 Å². The smallest absolute Gasteiger partial charge is 0.0740 e. The normalized spacial score (nSPS) is 34.4. The molecule has 0 aromatic rings. The fourth-order valence-electron chi connectivity index (χ4n) is 2.38. The molecule has 0 saturated carbocycles. The van der Waals surface area contributed by atoms with Gasteiger partial charge in [-0.2, -0.15) is 0 Å². The van der Waals surface area contributed by atoms with Crippen LogP contribution in [0.15, 0.2) is 0 Å². The quantitative estimate of drug-likeness (QED) is 0.729. The van der Waals surface area contributed by atoms with E-state index in [2.05, 4.69) is 25.7 Å². The molecule has 2 N–H and O–H groups in total. The Morgan fingerprint density at radius 3 is 2.64 bits per heavy atom. The molecular formula is C11H22N2S. The van der Waals surface area contributed by atoms with Gasteiger partial charge in [0.1, 0.15) is 0 Å². The molecule has 3 atom stereocenters. The highest BCUT2D eigenvalue weighted by atomic mass is 32.1. The minimum absolute atomic E-state index is 0.642. The third-order valence-electron chi connectivity index (χ3n) is 3.37. The predicted molar refractivity (Wildman–Crippen MR) is 65.4 cm³/mol. The van der Waals surface area contributed by atoms with Gasteiger partial charge in [0.15, 0.2) is 0 Å². The van der Waals surface area contributed by atoms with Crippen molar-refractivity contribution in [1.29, 1.82) is 0 Å². The number of piperidine rings is 1. The van der Waals surface area contributed by atoms with Crippen LogP contribution in [0, 0.1) is 11.8 Å². The monoisotopic (exact) mass is 214 g/mol. The topological polar surface area (TPSA) is 29.3 Å². The molecule has 2 nitrogen and oxygen atoms in total. The number of rotatable bonds is 3. The number of nitrogens with two attached hydrogens (primary N) is 1. The summed E-state index contributed by atoms with van der Waals surface area (Å²) in [5.41, 5.74) is 5.53. The lowest BCUT2D eigenvalue weighted by Crippen LogP contribution is -2.46. The average molecular weight is 214 g/mol. The van der Waals surface area contributed by atoms with E-state index >= 15 is 0 Å². The Hall–Kier alpha value is -0.150. The Kier molecular flexibility index (Phi) is 4.32. The van der Waals surface area contributed by atoms with Crippen LogP contribution in [0.2, 0.25) is 0 Å². The summed E-state index contributed by atoms with van der Waals surface area (Å²) in [4.78, 5) is 3.17. The number of hydrogen-bond donors (Lipinski definition) is 1. The summed E-state index contributed by atoms with van der Waals surface area (Å²) >= 11 is 4.91. The molecule has 1 fully saturated rings. The SMILES string of the molecule is CC1CC(C)C(C)N(CCC(N)=S)C1. The molecule has 1 aliphatic heterocycles. The van der Waals surface area contributed by atoms with E-state index in [0.29, 0.717) is 11.0 Å². The Bertz CT molecular complexity index is 205. The molecule has 0 aromatic carbocycles. The zero-order valence-corrected chi connectivity index (χ0v) is 10.3. The Balaban J connectivity index is 2.45. The number of thiocarbonyl (C=S) groups is 1. The van der Waals surface area contributed by atoms with Gasteiger partial charge in [0.2, 0.25) is 0 Å². The number of nitrogens with zero attached hydrogens (tertiary/aromatic N) is 1. The van der Waals surface area contributed by atoms with Crippen LogP contribution >= 0.6 is 12.2 Å². The standard InChI is InChI=1S/C11H22N2S/c1-8-6-9(2)10(3)13(7-8)5-4-11(12)14/h8-10H,4-7H2,1-3H3,(H2,12,14). The molecule has 0 amide bonds. The summed E-state index contributed by atoms with van der Waals surface area (Å²) in [5.74, 6) is 1.61. The van der Waals surface area contributed by atoms with Crippen molar-refractivity contribution in [2.45, 2.75) is 39.7 Å². The van der Waals surface area contributed by atoms with E-state index in [0.717, 1.165) is 24.8 Å². The maximum Gasteiger partial charge on any atom is 0.0740 e. The molecule has 1 aliphatic rings. The third-order valence-corrected chi connectivity index (χ3v) is 3.57. The number of hydrogen-bond acceptors (Lipinski definition) is 2. The summed E-state index contributed by atoms with van der Waals surface area (Å²) in [6.07, 6.45) is 2.21. The van der Waals surface area contributed by atoms with Crippen molar-refractivity contribution in [2.24, 2.45) is 17.6 Å². The second kappa shape index (κ2) is 5.08. The fraction of sp³-hybridized carbons (Fsp3) is 0.909. The van der Waals surface area contributed by atoms with Crippen molar-refractivity contribution < 1.29 is 0 Å². The van der Waals surface area contributed by atoms with Gasteiger partial charge < -0.3 is 5.73 Å². The first-order chi connectivity index (χ1) is 6.50. The molecule has 3 heteroatoms. The summed E-state index contributed by atoms with van der Waals surface area (Å²) in [6, 6.07) is 0.681. The summed E-state index contributed by atoms with van der Waals surface area (Å²) in [6.45, 7) is 9.22. The van der Waals surface area contributed by atoms with E-state index in [1.54, 1.807) is 0 Å². The summed E-state index contributed by atoms with van der Waals surface area (Å²) in [7, 11) is 0. The third kappa shape index (κ3) is 3.21. The molecule has 1 rings (SSSR count). The lowest BCUT2D eigenvalue weighted by molar-refractivity contribution is 0.0827. The van der Waals surface area contributed by atoms with Crippen LogP contribution in [0.5, 0.6) is 0 Å². The summed E-state index contributed by atoms with van der Waals surface area (Å²) in [5, 5.41) is 0. The van der Waals surface area contributed by atoms with Crippen molar-refractivity contribution >= 4 is 17.2 Å². The van der Waals surface area contributed by atoms with E-state index in [4.69, 9.17) is 18.0 Å². The van der Waals surface area contributed by atoms with Crippen LogP contribution in [-0.4, -0.2) is 29.0 Å². The van der Waals surface area contributed by atoms with Crippen molar-refractivity contribution in [3.05, 3.63) is 0 Å². The molecule has 1 heterocycles. The van der Waals surface area contributed by atoms with Crippen molar-refractivity contribution in [2.75, 3.05) is 13.1 Å². The minimum atomic E-state index is 0.642. The summed E-state index contributed by atoms with van der Waals surface area (Å²) < 4.78 is 0. The number of likely N-dealkylation sites (tertiary alicyclic amines) is 1. The highest BCUT2D eigenvalue weighted by Gasteiger charge is 2.28. The Morgan fingerprint density at radius 2 is 2.07 bits per heavy atom. The second-order valence-corrected chi connectivity index (χ2v) is 5.29. The van der Waals surface area contributed by atoms with Crippen LogP contribution in [0.1, 0.15) is 33.6 Å². The van der Waals surface area contributed by atoms with Gasteiger partial charge in [-0.3, -0.25) is 4.90 Å². The van der Waals surface area contributed by atoms with E-state index in [9.17, 15) is 0 Å². The first kappa shape index (κ1) is 11.9. The van der Waals surface area contributed by atoms with Crippen LogP contribution in [0.4, 0.5) is 0 Å². The largest absolute Gasteiger partial charge is 0.393 e. The molecule has 0 aromatic heterocycles. The molecule has 1 saturated heterocycles. The van der Waals surface area contributed by atoms with Crippen molar-refractivity contribution in [1.82, 2.24) is 4.90 Å². The molecule has 82 valence electrons. The lowest BCUT2D eigenvalue weighted by Gasteiger charge is -2.41. The van der Waals surface area contributed by atoms with Gasteiger partial charge in [-0.15, -0.1) is 0 Å². The first-order valence-electron chi connectivity index (χ1n) is 5.53. The van der Waals surface area contributed by atoms with Crippen LogP contribution in [0.3, 0.4) is 0 Å². The highest BCUT2D eigenvalue weighted by molar-refractivity contribution is 7.80. The first-order valence-corrected chi connectivity index (χ1v) is 5.94. The van der Waals surface area contributed by atoms with Gasteiger partial charge in [0, 0.05) is 25.6 Å². The van der Waals surface area contributed by atoms with Gasteiger partial charge in [-0.1, -0.05) is 26.1 Å². The predicted octanol–water partition coefficient (Wildman–Crippen LogP) is 2.03. The van der Waals surface area contributed by atoms with E-state index in [-0.39, 0.29) is 0 Å². The zero-order valence-electron chi connectivity index (χ0n) is 9.49. The average Bonchev–Trinajstić information content (AvgIpc) is 2.08. The van der Waals surface area contributed by atoms with Gasteiger partial charge in [0.25, 0.3) is 0 Å². The maximum atomic E-state index is 5.53. The minimum Gasteiger partial charge on any atom is -0.393 e. The Labute approximate surface area is 92.8 Å². The highest BCUT2D eigenvalue weighted by Crippen LogP contribution is 2.26. The van der Waals surface area contributed by atoms with Crippen LogP contribution < -0.4 is 5.73 Å². The molecule has 0 aliphatic carbocycles. The van der Waals surface area contributed by atoms with Gasteiger partial charge in [-0.05, 0) is 25.2 Å². The lowest BCUT2D eigenvalue weighted by atomic mass is 9.86. The van der Waals surface area contributed by atoms with Crippen LogP contribution in [0.25, 0.3) is 0 Å². The van der Waals surface area contributed by atoms with Crippen molar-refractivity contribution in [3.8, 4) is 0 Å². The maximum absolute atomic E-state index is 5.53. The van der Waals surface area contributed by atoms with Gasteiger partial charge in [0.05, 0.1) is 4.99 Å². The Morgan fingerprint density at radius 1 is 1.43 bits per heavy atom. The van der Waals surface area contributed by atoms with Gasteiger partial charge in [-0.25, -0.2) is 0 Å². The molecule has 0 spiro atoms. The molecule has 0 bridgehead atoms. The fourth-order valence-corrected chi connectivity index (χ4v) is 2.47. The zero-order chi connectivity index (χ0) is 10.7. The second-order valence-electron chi connectivity index (χ2n) is 4.77. The van der Waals surface area contributed by atoms with Gasteiger partial charge >= 0.3 is 0 Å². The van der Waals surface area contributed by atoms with E-state index in [1.807, 2.05) is 0 Å². The van der Waals surface area contributed by atoms with Crippen LogP contribution in [-0.2, 0) is 0 Å². The van der Waals surface area contributed by atoms with E-state index in [1.165, 1.54) is 13.0 Å². The van der Waals surface area contributed by atoms with E-state index < -0.39 is 0 Å². The molecular weight excluding hydrogens is 192 g/mol. The molecule has 14 heavy (non-hydrogen) atoms. The molecule has 0 radical (unpaired) electrons. The molecule has 3 unspecified atom stereocenters.